The first-order valence-corrected chi connectivity index (χ1v) is 7.22. The van der Waals surface area contributed by atoms with Gasteiger partial charge in [-0.1, -0.05) is 36.7 Å². The third-order valence-corrected chi connectivity index (χ3v) is 4.92. The van der Waals surface area contributed by atoms with E-state index in [-0.39, 0.29) is 15.9 Å². The van der Waals surface area contributed by atoms with Crippen LogP contribution < -0.4 is 0 Å². The van der Waals surface area contributed by atoms with E-state index >= 15 is 0 Å². The van der Waals surface area contributed by atoms with Crippen LogP contribution in [0.4, 0.5) is 5.69 Å². The quantitative estimate of drug-likeness (QED) is 0.484. The van der Waals surface area contributed by atoms with E-state index in [2.05, 4.69) is 46.7 Å². The molecule has 6 heteroatoms. The van der Waals surface area contributed by atoms with Gasteiger partial charge in [0.05, 0.1) is 16.1 Å². The maximum Gasteiger partial charge on any atom is 0.270 e. The molecule has 0 saturated heterocycles. The second-order valence-electron chi connectivity index (χ2n) is 5.82. The van der Waals surface area contributed by atoms with Gasteiger partial charge in [-0.25, -0.2) is 9.97 Å². The van der Waals surface area contributed by atoms with Gasteiger partial charge in [0.2, 0.25) is 0 Å². The van der Waals surface area contributed by atoms with E-state index in [9.17, 15) is 10.1 Å². The van der Waals surface area contributed by atoms with Crippen molar-refractivity contribution in [3.63, 3.8) is 0 Å². The summed E-state index contributed by atoms with van der Waals surface area (Å²) < 4.78 is 0. The molecule has 1 aromatic heterocycles. The number of halogens is 1. The molecule has 0 bridgehead atoms. The fourth-order valence-electron chi connectivity index (χ4n) is 1.85. The van der Waals surface area contributed by atoms with Gasteiger partial charge in [0.15, 0.2) is 0 Å². The molecule has 1 aromatic carbocycles. The van der Waals surface area contributed by atoms with Crippen LogP contribution in [0, 0.1) is 15.5 Å². The van der Waals surface area contributed by atoms with Crippen LogP contribution in [0.15, 0.2) is 24.5 Å². The van der Waals surface area contributed by atoms with Crippen LogP contribution in [0.1, 0.15) is 26.5 Å². The Balaban J connectivity index is 2.47. The molecule has 0 spiro atoms. The summed E-state index contributed by atoms with van der Waals surface area (Å²) in [7, 11) is 0. The summed E-state index contributed by atoms with van der Waals surface area (Å²) in [5, 5.41) is 11.6. The van der Waals surface area contributed by atoms with E-state index in [0.717, 1.165) is 16.6 Å². The van der Waals surface area contributed by atoms with Crippen molar-refractivity contribution in [3.8, 4) is 0 Å². The number of benzene rings is 1. The van der Waals surface area contributed by atoms with Crippen LogP contribution in [0.5, 0.6) is 0 Å². The van der Waals surface area contributed by atoms with Crippen LogP contribution in [0.3, 0.4) is 0 Å². The summed E-state index contributed by atoms with van der Waals surface area (Å²) in [6.45, 7) is 6.41. The summed E-state index contributed by atoms with van der Waals surface area (Å²) in [6, 6.07) is 4.68. The number of nitrogens with zero attached hydrogens (tertiary/aromatic N) is 3. The Labute approximate surface area is 125 Å². The molecule has 1 heterocycles. The zero-order valence-corrected chi connectivity index (χ0v) is 13.2. The molecular formula is C14H16BrN3O2. The number of nitro benzene ring substituents is 1. The van der Waals surface area contributed by atoms with Crippen molar-refractivity contribution >= 4 is 32.5 Å². The van der Waals surface area contributed by atoms with E-state index in [1.54, 1.807) is 12.1 Å². The minimum atomic E-state index is -0.397. The minimum absolute atomic E-state index is 0.0652. The number of nitro groups is 1. The molecule has 5 nitrogen and oxygen atoms in total. The topological polar surface area (TPSA) is 68.9 Å². The maximum absolute atomic E-state index is 10.9. The van der Waals surface area contributed by atoms with Crippen molar-refractivity contribution in [2.45, 2.75) is 32.0 Å². The summed E-state index contributed by atoms with van der Waals surface area (Å²) in [6.07, 6.45) is 2.20. The zero-order valence-electron chi connectivity index (χ0n) is 11.6. The fraction of sp³-hybridized carbons (Fsp3) is 0.429. The van der Waals surface area contributed by atoms with Crippen molar-refractivity contribution in [3.05, 3.63) is 40.3 Å². The van der Waals surface area contributed by atoms with E-state index in [1.807, 2.05) is 0 Å². The van der Waals surface area contributed by atoms with Crippen molar-refractivity contribution in [1.29, 1.82) is 0 Å². The number of alkyl halides is 1. The number of hydrogen-bond acceptors (Lipinski definition) is 4. The summed E-state index contributed by atoms with van der Waals surface area (Å²) in [5.74, 6) is 0. The van der Waals surface area contributed by atoms with Crippen molar-refractivity contribution < 1.29 is 4.92 Å². The molecule has 0 aliphatic rings. The van der Waals surface area contributed by atoms with Crippen LogP contribution >= 0.6 is 15.9 Å². The summed E-state index contributed by atoms with van der Waals surface area (Å²) in [5.41, 5.74) is 1.71. The normalized spacial score (nSPS) is 13.4. The molecule has 2 aromatic rings. The lowest BCUT2D eigenvalue weighted by Crippen LogP contribution is -2.23. The van der Waals surface area contributed by atoms with Crippen molar-refractivity contribution in [1.82, 2.24) is 9.97 Å². The first-order valence-electron chi connectivity index (χ1n) is 6.31. The van der Waals surface area contributed by atoms with Crippen LogP contribution in [0.2, 0.25) is 0 Å². The highest BCUT2D eigenvalue weighted by Gasteiger charge is 2.23. The third-order valence-electron chi connectivity index (χ3n) is 3.22. The Morgan fingerprint density at radius 2 is 2.05 bits per heavy atom. The number of fused-ring (bicyclic) bond motifs is 1. The Hall–Kier alpha value is -1.56. The number of aromatic nitrogens is 2. The lowest BCUT2D eigenvalue weighted by atomic mass is 9.89. The Bertz CT molecular complexity index is 652. The molecule has 0 fully saturated rings. The first-order chi connectivity index (χ1) is 9.29. The van der Waals surface area contributed by atoms with Gasteiger partial charge in [0, 0.05) is 28.8 Å². The highest BCUT2D eigenvalue weighted by molar-refractivity contribution is 9.09. The Morgan fingerprint density at radius 1 is 1.35 bits per heavy atom. The lowest BCUT2D eigenvalue weighted by molar-refractivity contribution is -0.384. The van der Waals surface area contributed by atoms with Crippen molar-refractivity contribution in [2.24, 2.45) is 5.41 Å². The minimum Gasteiger partial charge on any atom is -0.258 e. The molecule has 1 atom stereocenters. The molecule has 1 unspecified atom stereocenters. The van der Waals surface area contributed by atoms with Gasteiger partial charge in [-0.15, -0.1) is 0 Å². The first kappa shape index (κ1) is 14.8. The van der Waals surface area contributed by atoms with E-state index < -0.39 is 4.92 Å². The third kappa shape index (κ3) is 3.12. The SMILES string of the molecule is CC(C)(C)C(Br)Cc1ncnc2ccc([N+](=O)[O-])cc12. The second-order valence-corrected chi connectivity index (χ2v) is 6.92. The number of rotatable bonds is 3. The molecule has 2 rings (SSSR count). The average molecular weight is 338 g/mol. The smallest absolute Gasteiger partial charge is 0.258 e. The molecule has 0 aliphatic carbocycles. The summed E-state index contributed by atoms with van der Waals surface area (Å²) in [4.78, 5) is 19.2. The Morgan fingerprint density at radius 3 is 2.65 bits per heavy atom. The summed E-state index contributed by atoms with van der Waals surface area (Å²) >= 11 is 3.67. The Kier molecular flexibility index (Phi) is 4.04. The van der Waals surface area contributed by atoms with E-state index in [1.165, 1.54) is 12.4 Å². The standard InChI is InChI=1S/C14H16BrN3O2/c1-14(2,3)13(15)7-12-10-6-9(18(19)20)4-5-11(10)16-8-17-12/h4-6,8,13H,7H2,1-3H3. The number of non-ortho nitro benzene ring substituents is 1. The van der Waals surface area contributed by atoms with Gasteiger partial charge in [-0.3, -0.25) is 10.1 Å². The molecule has 0 aliphatic heterocycles. The van der Waals surface area contributed by atoms with Gasteiger partial charge in [-0.2, -0.15) is 0 Å². The molecule has 0 N–H and O–H groups in total. The van der Waals surface area contributed by atoms with Gasteiger partial charge < -0.3 is 0 Å². The van der Waals surface area contributed by atoms with Crippen molar-refractivity contribution in [2.75, 3.05) is 0 Å². The largest absolute Gasteiger partial charge is 0.270 e. The molecule has 106 valence electrons. The average Bonchev–Trinajstić information content (AvgIpc) is 2.37. The predicted octanol–water partition coefficient (Wildman–Crippen LogP) is 3.89. The monoisotopic (exact) mass is 337 g/mol. The zero-order chi connectivity index (χ0) is 14.9. The predicted molar refractivity (Wildman–Crippen MR) is 82.1 cm³/mol. The van der Waals surface area contributed by atoms with E-state index in [0.29, 0.717) is 6.42 Å². The van der Waals surface area contributed by atoms with E-state index in [4.69, 9.17) is 0 Å². The van der Waals surface area contributed by atoms with Gasteiger partial charge >= 0.3 is 0 Å². The van der Waals surface area contributed by atoms with Gasteiger partial charge in [0.1, 0.15) is 6.33 Å². The maximum atomic E-state index is 10.9. The van der Waals surface area contributed by atoms with Crippen LogP contribution in [-0.2, 0) is 6.42 Å². The molecule has 0 radical (unpaired) electrons. The molecule has 20 heavy (non-hydrogen) atoms. The molecule has 0 saturated carbocycles. The fourth-order valence-corrected chi connectivity index (χ4v) is 2.16. The second kappa shape index (κ2) is 5.44. The molecular weight excluding hydrogens is 322 g/mol. The van der Waals surface area contributed by atoms with Crippen LogP contribution in [0.25, 0.3) is 10.9 Å². The van der Waals surface area contributed by atoms with Gasteiger partial charge in [-0.05, 0) is 11.5 Å². The number of hydrogen-bond donors (Lipinski definition) is 0. The van der Waals surface area contributed by atoms with Gasteiger partial charge in [0.25, 0.3) is 5.69 Å². The van der Waals surface area contributed by atoms with Crippen LogP contribution in [-0.4, -0.2) is 19.7 Å². The molecule has 0 amide bonds. The highest BCUT2D eigenvalue weighted by Crippen LogP contribution is 2.30. The lowest BCUT2D eigenvalue weighted by Gasteiger charge is -2.25. The highest BCUT2D eigenvalue weighted by atomic mass is 79.9.